The molecular formula is C38H45F4N5O4. The number of halogens is 4. The second-order valence-electron chi connectivity index (χ2n) is 16.3. The molecule has 1 aliphatic heterocycles. The lowest BCUT2D eigenvalue weighted by Crippen LogP contribution is -2.70. The van der Waals surface area contributed by atoms with Crippen LogP contribution in [0.1, 0.15) is 101 Å². The van der Waals surface area contributed by atoms with E-state index in [0.29, 0.717) is 55.8 Å². The highest BCUT2D eigenvalue weighted by atomic mass is 19.3. The molecule has 5 aliphatic carbocycles. The second-order valence-corrected chi connectivity index (χ2v) is 16.3. The molecule has 6 aliphatic rings. The van der Waals surface area contributed by atoms with Gasteiger partial charge in [0.05, 0.1) is 30.3 Å². The van der Waals surface area contributed by atoms with Crippen molar-refractivity contribution in [3.8, 4) is 17.1 Å². The van der Waals surface area contributed by atoms with Gasteiger partial charge in [0.25, 0.3) is 17.8 Å². The Labute approximate surface area is 294 Å². The van der Waals surface area contributed by atoms with Crippen LogP contribution in [-0.2, 0) is 10.7 Å². The zero-order chi connectivity index (χ0) is 36.0. The van der Waals surface area contributed by atoms with Crippen LogP contribution in [-0.4, -0.2) is 73.1 Å². The number of carboxylic acids is 1. The predicted octanol–water partition coefficient (Wildman–Crippen LogP) is 7.44. The Morgan fingerprint density at radius 2 is 1.67 bits per heavy atom. The van der Waals surface area contributed by atoms with Gasteiger partial charge in [-0.25, -0.2) is 23.5 Å². The van der Waals surface area contributed by atoms with E-state index < -0.39 is 40.5 Å². The average Bonchev–Trinajstić information content (AvgIpc) is 3.44. The summed E-state index contributed by atoms with van der Waals surface area (Å²) in [6.07, 6.45) is 9.92. The summed E-state index contributed by atoms with van der Waals surface area (Å²) in [6, 6.07) is 5.73. The summed E-state index contributed by atoms with van der Waals surface area (Å²) in [6.45, 7) is 4.34. The summed E-state index contributed by atoms with van der Waals surface area (Å²) in [4.78, 5) is 37.3. The van der Waals surface area contributed by atoms with Crippen LogP contribution in [0.15, 0.2) is 30.6 Å². The molecule has 3 aromatic rings. The standard InChI is InChI=1S/C38H45F4N5O4/c1-20(2)47-17-30(28-9-8-27(15-31(28)47)51-26-6-4-25(5-7-26)46-18-37(41,42)19-46)33-43-16-29(32(44-33)36(3,39)40)34(48)45-38(35(49)50)23-11-21-10-22(13-23)14-24(38)12-21/h8-9,15-17,20-26H,4-7,10-14,18-19H2,1-3H3,(H,45,48)(H,49,50). The number of nitrogens with one attached hydrogen (secondary N) is 1. The number of carboxylic acid groups (broad SMARTS) is 1. The monoisotopic (exact) mass is 711 g/mol. The van der Waals surface area contributed by atoms with Crippen LogP contribution < -0.4 is 10.1 Å². The van der Waals surface area contributed by atoms with E-state index in [4.69, 9.17) is 4.74 Å². The maximum atomic E-state index is 15.3. The van der Waals surface area contributed by atoms with E-state index >= 15 is 8.78 Å². The van der Waals surface area contributed by atoms with Gasteiger partial charge in [0, 0.05) is 48.4 Å². The van der Waals surface area contributed by atoms with Crippen molar-refractivity contribution < 1.29 is 37.0 Å². The van der Waals surface area contributed by atoms with Crippen LogP contribution in [0.5, 0.6) is 5.75 Å². The third-order valence-electron chi connectivity index (χ3n) is 12.5. The van der Waals surface area contributed by atoms with Gasteiger partial charge >= 0.3 is 5.97 Å². The first kappa shape index (κ1) is 34.4. The molecule has 5 saturated carbocycles. The molecule has 274 valence electrons. The van der Waals surface area contributed by atoms with E-state index in [0.717, 1.165) is 49.2 Å². The quantitative estimate of drug-likeness (QED) is 0.222. The SMILES string of the molecule is CC(C)n1cc(-c2ncc(C(=O)NC3(C(=O)O)C4CC5CC(C4)CC3C5)c(C(C)(F)F)n2)c2ccc(OC3CCC(N4CC(F)(F)C4)CC3)cc21. The number of aromatic nitrogens is 3. The fourth-order valence-electron chi connectivity index (χ4n) is 10.2. The Bertz CT molecular complexity index is 1830. The summed E-state index contributed by atoms with van der Waals surface area (Å²) in [7, 11) is 0. The Balaban J connectivity index is 1.06. The first-order valence-corrected chi connectivity index (χ1v) is 18.4. The van der Waals surface area contributed by atoms with Crippen LogP contribution in [0.4, 0.5) is 17.6 Å². The Hall–Kier alpha value is -3.74. The number of aliphatic carboxylic acids is 1. The van der Waals surface area contributed by atoms with Crippen molar-refractivity contribution in [2.45, 2.75) is 114 Å². The Morgan fingerprint density at radius 3 is 2.24 bits per heavy atom. The smallest absolute Gasteiger partial charge is 0.330 e. The van der Waals surface area contributed by atoms with E-state index in [1.165, 1.54) is 0 Å². The summed E-state index contributed by atoms with van der Waals surface area (Å²) >= 11 is 0. The molecule has 0 radical (unpaired) electrons. The first-order valence-electron chi connectivity index (χ1n) is 18.4. The van der Waals surface area contributed by atoms with Crippen LogP contribution in [0.2, 0.25) is 0 Å². The molecule has 2 N–H and O–H groups in total. The summed E-state index contributed by atoms with van der Waals surface area (Å²) < 4.78 is 65.7. The lowest BCUT2D eigenvalue weighted by atomic mass is 9.48. The van der Waals surface area contributed by atoms with E-state index in [2.05, 4.69) is 15.3 Å². The third kappa shape index (κ3) is 5.96. The van der Waals surface area contributed by atoms with Gasteiger partial charge < -0.3 is 19.7 Å². The molecular weight excluding hydrogens is 666 g/mol. The molecule has 6 fully saturated rings. The van der Waals surface area contributed by atoms with Crippen molar-refractivity contribution in [2.75, 3.05) is 13.1 Å². The van der Waals surface area contributed by atoms with Crippen LogP contribution >= 0.6 is 0 Å². The summed E-state index contributed by atoms with van der Waals surface area (Å²) in [5, 5.41) is 14.0. The number of hydrogen-bond acceptors (Lipinski definition) is 6. The molecule has 0 unspecified atom stereocenters. The molecule has 1 amide bonds. The normalized spacial score (nSPS) is 31.5. The average molecular weight is 712 g/mol. The van der Waals surface area contributed by atoms with Crippen LogP contribution in [0.3, 0.4) is 0 Å². The number of rotatable bonds is 9. The first-order chi connectivity index (χ1) is 24.1. The van der Waals surface area contributed by atoms with Crippen molar-refractivity contribution in [1.29, 1.82) is 0 Å². The van der Waals surface area contributed by atoms with Gasteiger partial charge in [0.1, 0.15) is 17.0 Å². The highest BCUT2D eigenvalue weighted by molar-refractivity contribution is 6.00. The zero-order valence-electron chi connectivity index (χ0n) is 29.2. The highest BCUT2D eigenvalue weighted by Crippen LogP contribution is 2.58. The van der Waals surface area contributed by atoms with Gasteiger partial charge in [-0.3, -0.25) is 9.69 Å². The van der Waals surface area contributed by atoms with Gasteiger partial charge in [-0.05, 0) is 107 Å². The Morgan fingerprint density at radius 1 is 1.02 bits per heavy atom. The number of benzene rings is 1. The number of amides is 1. The molecule has 1 saturated heterocycles. The maximum absolute atomic E-state index is 15.3. The number of likely N-dealkylation sites (tertiary alicyclic amines) is 1. The van der Waals surface area contributed by atoms with Crippen LogP contribution in [0, 0.1) is 23.7 Å². The molecule has 0 spiro atoms. The lowest BCUT2D eigenvalue weighted by molar-refractivity contribution is -0.163. The number of ether oxygens (including phenoxy) is 1. The Kier molecular flexibility index (Phi) is 8.19. The van der Waals surface area contributed by atoms with Gasteiger partial charge in [0.2, 0.25) is 0 Å². The third-order valence-corrected chi connectivity index (χ3v) is 12.5. The minimum atomic E-state index is -3.52. The van der Waals surface area contributed by atoms with Crippen molar-refractivity contribution >= 4 is 22.8 Å². The number of carbonyl (C=O) groups is 2. The molecule has 1 aromatic carbocycles. The molecule has 3 heterocycles. The number of carbonyl (C=O) groups excluding carboxylic acids is 1. The van der Waals surface area contributed by atoms with Gasteiger partial charge in [-0.15, -0.1) is 0 Å². The van der Waals surface area contributed by atoms with Crippen molar-refractivity contribution in [2.24, 2.45) is 23.7 Å². The van der Waals surface area contributed by atoms with Gasteiger partial charge in [-0.1, -0.05) is 0 Å². The number of fused-ring (bicyclic) bond motifs is 1. The molecule has 13 heteroatoms. The minimum Gasteiger partial charge on any atom is -0.490 e. The number of alkyl halides is 4. The van der Waals surface area contributed by atoms with Crippen molar-refractivity contribution in [3.63, 3.8) is 0 Å². The summed E-state index contributed by atoms with van der Waals surface area (Å²) in [5.41, 5.74) is -1.37. The fraction of sp³-hybridized carbons (Fsp3) is 0.632. The molecule has 4 bridgehead atoms. The van der Waals surface area contributed by atoms with E-state index in [1.54, 1.807) is 0 Å². The maximum Gasteiger partial charge on any atom is 0.330 e. The molecule has 9 nitrogen and oxygen atoms in total. The topological polar surface area (TPSA) is 110 Å². The van der Waals surface area contributed by atoms with E-state index in [1.807, 2.05) is 47.7 Å². The van der Waals surface area contributed by atoms with Gasteiger partial charge in [0.15, 0.2) is 5.82 Å². The van der Waals surface area contributed by atoms with Gasteiger partial charge in [-0.2, -0.15) is 8.78 Å². The number of hydrogen-bond donors (Lipinski definition) is 2. The van der Waals surface area contributed by atoms with E-state index in [-0.39, 0.29) is 48.9 Å². The predicted molar refractivity (Wildman–Crippen MR) is 181 cm³/mol. The lowest BCUT2D eigenvalue weighted by Gasteiger charge is -2.59. The van der Waals surface area contributed by atoms with Crippen molar-refractivity contribution in [3.05, 3.63) is 41.9 Å². The highest BCUT2D eigenvalue weighted by Gasteiger charge is 2.62. The van der Waals surface area contributed by atoms with Crippen LogP contribution in [0.25, 0.3) is 22.3 Å². The summed E-state index contributed by atoms with van der Waals surface area (Å²) in [5.74, 6) is -7.01. The molecule has 2 aromatic heterocycles. The fourth-order valence-corrected chi connectivity index (χ4v) is 10.2. The largest absolute Gasteiger partial charge is 0.490 e. The molecule has 51 heavy (non-hydrogen) atoms. The minimum absolute atomic E-state index is 0.00748. The van der Waals surface area contributed by atoms with E-state index in [9.17, 15) is 23.5 Å². The van der Waals surface area contributed by atoms with Crippen molar-refractivity contribution in [1.82, 2.24) is 24.8 Å². The number of nitrogens with zero attached hydrogens (tertiary/aromatic N) is 4. The molecule has 9 rings (SSSR count). The molecule has 0 atom stereocenters. The zero-order valence-corrected chi connectivity index (χ0v) is 29.2. The second kappa shape index (κ2) is 12.2.